The zero-order chi connectivity index (χ0) is 14.5. The molecule has 0 unspecified atom stereocenters. The number of benzene rings is 2. The second kappa shape index (κ2) is 11.2. The van der Waals surface area contributed by atoms with Crippen molar-refractivity contribution in [3.8, 4) is 0 Å². The Morgan fingerprint density at radius 1 is 0.550 bits per heavy atom. The highest BCUT2D eigenvalue weighted by atomic mass is 16.6. The molecule has 0 amide bonds. The molecule has 1 aliphatic rings. The summed E-state index contributed by atoms with van der Waals surface area (Å²) in [4.78, 5) is 0. The number of hydrogen-bond donors (Lipinski definition) is 0. The van der Waals surface area contributed by atoms with Crippen LogP contribution in [-0.2, 0) is 9.47 Å². The number of aryl methyl sites for hydroxylation is 2. The molecule has 1 aliphatic heterocycles. The normalized spacial score (nSPS) is 13.3. The molecule has 0 atom stereocenters. The summed E-state index contributed by atoms with van der Waals surface area (Å²) in [6.45, 7) is 7.28. The van der Waals surface area contributed by atoms with Crippen molar-refractivity contribution in [2.45, 2.75) is 13.8 Å². The van der Waals surface area contributed by atoms with E-state index in [0.717, 1.165) is 26.4 Å². The maximum atomic E-state index is 4.94. The highest BCUT2D eigenvalue weighted by Gasteiger charge is 1.94. The first kappa shape index (κ1) is 16.4. The molecule has 2 heteroatoms. The number of ether oxygens (including phenoxy) is 2. The van der Waals surface area contributed by atoms with Crippen molar-refractivity contribution in [3.63, 3.8) is 0 Å². The molecule has 20 heavy (non-hydrogen) atoms. The SMILES string of the molecule is C1COCCO1.Cc1ccccc1.Cc1ccccc1. The molecule has 1 heterocycles. The summed E-state index contributed by atoms with van der Waals surface area (Å²) in [7, 11) is 0. The van der Waals surface area contributed by atoms with E-state index in [2.05, 4.69) is 38.1 Å². The van der Waals surface area contributed by atoms with Gasteiger partial charge in [0, 0.05) is 0 Å². The van der Waals surface area contributed by atoms with Gasteiger partial charge in [-0.3, -0.25) is 0 Å². The summed E-state index contributed by atoms with van der Waals surface area (Å²) in [6, 6.07) is 20.5. The fourth-order valence-electron chi connectivity index (χ4n) is 1.51. The van der Waals surface area contributed by atoms with Crippen molar-refractivity contribution in [2.24, 2.45) is 0 Å². The summed E-state index contributed by atoms with van der Waals surface area (Å²) in [5.41, 5.74) is 2.64. The molecule has 0 spiro atoms. The fourth-order valence-corrected chi connectivity index (χ4v) is 1.51. The van der Waals surface area contributed by atoms with Gasteiger partial charge >= 0.3 is 0 Å². The quantitative estimate of drug-likeness (QED) is 0.721. The van der Waals surface area contributed by atoms with Gasteiger partial charge in [-0.15, -0.1) is 0 Å². The van der Waals surface area contributed by atoms with Crippen LogP contribution in [0.15, 0.2) is 60.7 Å². The molecule has 108 valence electrons. The second-order valence-corrected chi connectivity index (χ2v) is 4.53. The van der Waals surface area contributed by atoms with Gasteiger partial charge in [-0.25, -0.2) is 0 Å². The van der Waals surface area contributed by atoms with Gasteiger partial charge < -0.3 is 9.47 Å². The van der Waals surface area contributed by atoms with E-state index in [1.54, 1.807) is 0 Å². The van der Waals surface area contributed by atoms with Crippen LogP contribution in [-0.4, -0.2) is 26.4 Å². The van der Waals surface area contributed by atoms with Gasteiger partial charge in [-0.2, -0.15) is 0 Å². The van der Waals surface area contributed by atoms with Crippen molar-refractivity contribution in [3.05, 3.63) is 71.8 Å². The Labute approximate surface area is 122 Å². The molecule has 0 aliphatic carbocycles. The van der Waals surface area contributed by atoms with Crippen molar-refractivity contribution < 1.29 is 9.47 Å². The third-order valence-electron chi connectivity index (χ3n) is 2.62. The van der Waals surface area contributed by atoms with E-state index < -0.39 is 0 Å². The molecule has 2 nitrogen and oxygen atoms in total. The van der Waals surface area contributed by atoms with Gasteiger partial charge in [0.25, 0.3) is 0 Å². The summed E-state index contributed by atoms with van der Waals surface area (Å²) < 4.78 is 9.89. The van der Waals surface area contributed by atoms with Gasteiger partial charge in [-0.05, 0) is 13.8 Å². The van der Waals surface area contributed by atoms with Crippen molar-refractivity contribution in [1.82, 2.24) is 0 Å². The van der Waals surface area contributed by atoms with Crippen molar-refractivity contribution >= 4 is 0 Å². The fraction of sp³-hybridized carbons (Fsp3) is 0.333. The van der Waals surface area contributed by atoms with Crippen LogP contribution in [0, 0.1) is 13.8 Å². The minimum Gasteiger partial charge on any atom is -0.377 e. The molecule has 0 saturated carbocycles. The lowest BCUT2D eigenvalue weighted by atomic mass is 10.2. The first-order valence-electron chi connectivity index (χ1n) is 6.98. The van der Waals surface area contributed by atoms with E-state index in [1.165, 1.54) is 11.1 Å². The molecule has 0 N–H and O–H groups in total. The van der Waals surface area contributed by atoms with Crippen LogP contribution in [0.4, 0.5) is 0 Å². The Kier molecular flexibility index (Phi) is 9.20. The molecule has 2 aromatic rings. The van der Waals surface area contributed by atoms with Crippen LogP contribution >= 0.6 is 0 Å². The van der Waals surface area contributed by atoms with Crippen molar-refractivity contribution in [1.29, 1.82) is 0 Å². The number of hydrogen-bond acceptors (Lipinski definition) is 2. The zero-order valence-electron chi connectivity index (χ0n) is 12.4. The lowest BCUT2D eigenvalue weighted by Gasteiger charge is -2.09. The lowest BCUT2D eigenvalue weighted by molar-refractivity contribution is -0.0334. The first-order chi connectivity index (χ1) is 9.79. The van der Waals surface area contributed by atoms with E-state index in [9.17, 15) is 0 Å². The Morgan fingerprint density at radius 3 is 1.00 bits per heavy atom. The van der Waals surface area contributed by atoms with Crippen LogP contribution in [0.3, 0.4) is 0 Å². The van der Waals surface area contributed by atoms with Gasteiger partial charge in [0.15, 0.2) is 0 Å². The van der Waals surface area contributed by atoms with E-state index in [-0.39, 0.29) is 0 Å². The van der Waals surface area contributed by atoms with E-state index in [0.29, 0.717) is 0 Å². The Balaban J connectivity index is 0.000000151. The van der Waals surface area contributed by atoms with Gasteiger partial charge in [0.05, 0.1) is 26.4 Å². The maximum Gasteiger partial charge on any atom is 0.0701 e. The zero-order valence-corrected chi connectivity index (χ0v) is 12.4. The molecule has 1 saturated heterocycles. The lowest BCUT2D eigenvalue weighted by Crippen LogP contribution is -2.16. The largest absolute Gasteiger partial charge is 0.377 e. The first-order valence-corrected chi connectivity index (χ1v) is 6.98. The van der Waals surface area contributed by atoms with Crippen LogP contribution < -0.4 is 0 Å². The molecule has 3 rings (SSSR count). The topological polar surface area (TPSA) is 18.5 Å². The molecule has 0 bridgehead atoms. The third kappa shape index (κ3) is 9.31. The summed E-state index contributed by atoms with van der Waals surface area (Å²) in [6.07, 6.45) is 0. The maximum absolute atomic E-state index is 4.94. The highest BCUT2D eigenvalue weighted by Crippen LogP contribution is 1.92. The van der Waals surface area contributed by atoms with Crippen LogP contribution in [0.25, 0.3) is 0 Å². The van der Waals surface area contributed by atoms with Crippen LogP contribution in [0.1, 0.15) is 11.1 Å². The smallest absolute Gasteiger partial charge is 0.0701 e. The monoisotopic (exact) mass is 272 g/mol. The minimum atomic E-state index is 0.778. The van der Waals surface area contributed by atoms with Crippen molar-refractivity contribution in [2.75, 3.05) is 26.4 Å². The second-order valence-electron chi connectivity index (χ2n) is 4.53. The summed E-state index contributed by atoms with van der Waals surface area (Å²) in [5.74, 6) is 0. The standard InChI is InChI=1S/2C7H8.C4H8O2/c2*1-7-5-3-2-4-6-7;1-2-6-4-3-5-1/h2*2-6H,1H3;1-4H2. The molecule has 1 fully saturated rings. The highest BCUT2D eigenvalue weighted by molar-refractivity contribution is 5.12. The number of rotatable bonds is 0. The Morgan fingerprint density at radius 2 is 0.850 bits per heavy atom. The van der Waals surface area contributed by atoms with E-state index >= 15 is 0 Å². The molecule has 0 radical (unpaired) electrons. The Bertz CT molecular complexity index is 373. The van der Waals surface area contributed by atoms with E-state index in [4.69, 9.17) is 9.47 Å². The molecular weight excluding hydrogens is 248 g/mol. The van der Waals surface area contributed by atoms with Crippen LogP contribution in [0.2, 0.25) is 0 Å². The predicted molar refractivity (Wildman–Crippen MR) is 84.0 cm³/mol. The predicted octanol–water partition coefficient (Wildman–Crippen LogP) is 4.02. The van der Waals surface area contributed by atoms with Gasteiger partial charge in [-0.1, -0.05) is 71.8 Å². The average molecular weight is 272 g/mol. The molecular formula is C18H24O2. The van der Waals surface area contributed by atoms with Gasteiger partial charge in [0.2, 0.25) is 0 Å². The summed E-state index contributed by atoms with van der Waals surface area (Å²) >= 11 is 0. The third-order valence-corrected chi connectivity index (χ3v) is 2.62. The Hall–Kier alpha value is -1.64. The summed E-state index contributed by atoms with van der Waals surface area (Å²) in [5, 5.41) is 0. The molecule has 0 aromatic heterocycles. The molecule has 2 aromatic carbocycles. The average Bonchev–Trinajstić information content (AvgIpc) is 2.52. The minimum absolute atomic E-state index is 0.778. The van der Waals surface area contributed by atoms with Crippen LogP contribution in [0.5, 0.6) is 0 Å². The van der Waals surface area contributed by atoms with E-state index in [1.807, 2.05) is 36.4 Å². The van der Waals surface area contributed by atoms with Gasteiger partial charge in [0.1, 0.15) is 0 Å².